The van der Waals surface area contributed by atoms with Crippen molar-refractivity contribution in [1.82, 2.24) is 9.13 Å². The van der Waals surface area contributed by atoms with E-state index in [4.69, 9.17) is 0 Å². The molecule has 0 bridgehead atoms. The zero-order chi connectivity index (χ0) is 39.3. The van der Waals surface area contributed by atoms with Crippen LogP contribution < -0.4 is 0 Å². The monoisotopic (exact) mass is 760 g/mol. The molecule has 0 spiro atoms. The molecule has 0 amide bonds. The number of fused-ring (bicyclic) bond motifs is 12. The van der Waals surface area contributed by atoms with Gasteiger partial charge in [0.2, 0.25) is 0 Å². The van der Waals surface area contributed by atoms with Crippen molar-refractivity contribution in [3.05, 3.63) is 218 Å². The molecule has 278 valence electrons. The van der Waals surface area contributed by atoms with Crippen LogP contribution in [0, 0.1) is 0 Å². The van der Waals surface area contributed by atoms with Crippen LogP contribution in [0.2, 0.25) is 0 Å². The first kappa shape index (κ1) is 33.1. The summed E-state index contributed by atoms with van der Waals surface area (Å²) in [6.07, 6.45) is 0. The van der Waals surface area contributed by atoms with Crippen LogP contribution in [0.4, 0.5) is 0 Å². The fraction of sp³-hybridized carbons (Fsp3) is 0. The molecule has 2 aromatic heterocycles. The van der Waals surface area contributed by atoms with Crippen LogP contribution in [0.3, 0.4) is 0 Å². The molecule has 2 heteroatoms. The normalized spacial score (nSPS) is 12.0. The van der Waals surface area contributed by atoms with Crippen LogP contribution in [0.5, 0.6) is 0 Å². The van der Waals surface area contributed by atoms with E-state index in [1.54, 1.807) is 0 Å². The Labute approximate surface area is 347 Å². The molecule has 0 radical (unpaired) electrons. The Kier molecular flexibility index (Phi) is 7.05. The topological polar surface area (TPSA) is 9.86 Å². The molecule has 0 aliphatic carbocycles. The quantitative estimate of drug-likeness (QED) is 0.169. The van der Waals surface area contributed by atoms with Gasteiger partial charge in [0.25, 0.3) is 0 Å². The minimum atomic E-state index is 1.15. The Balaban J connectivity index is 1.02. The summed E-state index contributed by atoms with van der Waals surface area (Å²) in [6, 6.07) is 80.7. The van der Waals surface area contributed by atoms with Gasteiger partial charge in [-0.15, -0.1) is 0 Å². The van der Waals surface area contributed by atoms with Crippen molar-refractivity contribution in [3.63, 3.8) is 0 Å². The third-order valence-electron chi connectivity index (χ3n) is 12.8. The van der Waals surface area contributed by atoms with Crippen LogP contribution in [0.15, 0.2) is 218 Å². The maximum atomic E-state index is 2.52. The molecule has 10 aromatic carbocycles. The van der Waals surface area contributed by atoms with Crippen LogP contribution in [0.25, 0.3) is 121 Å². The molecule has 13 rings (SSSR count). The molecular weight excluding hydrogens is 725 g/mol. The van der Waals surface area contributed by atoms with Gasteiger partial charge in [0.15, 0.2) is 0 Å². The van der Waals surface area contributed by atoms with Gasteiger partial charge in [0.1, 0.15) is 0 Å². The predicted molar refractivity (Wildman–Crippen MR) is 253 cm³/mol. The highest BCUT2D eigenvalue weighted by Crippen LogP contribution is 2.48. The maximum absolute atomic E-state index is 2.52. The SMILES string of the molecule is c1ccc(-c2cc(-c3ccccc3)cc(-n3c4ccccc4c4cc(-c5ccc6c(c5)c5cccc7c5n6-c5cc6ccccc6cc5-c5ccccc5-7)ccc43)c2)cc1. The average molecular weight is 761 g/mol. The molecule has 60 heavy (non-hydrogen) atoms. The lowest BCUT2D eigenvalue weighted by atomic mass is 9.92. The lowest BCUT2D eigenvalue weighted by molar-refractivity contribution is 1.18. The van der Waals surface area contributed by atoms with Crippen LogP contribution in [0.1, 0.15) is 0 Å². The number of hydrogen-bond acceptors (Lipinski definition) is 0. The van der Waals surface area contributed by atoms with Gasteiger partial charge in [0, 0.05) is 38.4 Å². The maximum Gasteiger partial charge on any atom is 0.0619 e. The Morgan fingerprint density at radius 1 is 0.250 bits per heavy atom. The van der Waals surface area contributed by atoms with Crippen molar-refractivity contribution in [3.8, 4) is 67.0 Å². The Morgan fingerprint density at radius 3 is 1.47 bits per heavy atom. The lowest BCUT2D eigenvalue weighted by Crippen LogP contribution is -1.96. The minimum Gasteiger partial charge on any atom is -0.309 e. The number of nitrogens with zero attached hydrogens (tertiary/aromatic N) is 2. The van der Waals surface area contributed by atoms with E-state index in [2.05, 4.69) is 228 Å². The minimum absolute atomic E-state index is 1.15. The molecule has 1 aliphatic heterocycles. The fourth-order valence-electron chi connectivity index (χ4n) is 10.1. The summed E-state index contributed by atoms with van der Waals surface area (Å²) in [6.45, 7) is 0. The Hall–Kier alpha value is -7.94. The first-order chi connectivity index (χ1) is 29.7. The van der Waals surface area contributed by atoms with Crippen molar-refractivity contribution in [2.24, 2.45) is 0 Å². The van der Waals surface area contributed by atoms with Gasteiger partial charge in [-0.1, -0.05) is 158 Å². The van der Waals surface area contributed by atoms with Crippen molar-refractivity contribution >= 4 is 54.4 Å². The van der Waals surface area contributed by atoms with Crippen LogP contribution >= 0.6 is 0 Å². The summed E-state index contributed by atoms with van der Waals surface area (Å²) in [5.41, 5.74) is 19.5. The zero-order valence-corrected chi connectivity index (χ0v) is 32.7. The summed E-state index contributed by atoms with van der Waals surface area (Å²) in [4.78, 5) is 0. The number of hydrogen-bond donors (Lipinski definition) is 0. The highest BCUT2D eigenvalue weighted by Gasteiger charge is 2.25. The first-order valence-corrected chi connectivity index (χ1v) is 20.8. The molecule has 0 atom stereocenters. The highest BCUT2D eigenvalue weighted by atomic mass is 15.0. The summed E-state index contributed by atoms with van der Waals surface area (Å²) in [5.74, 6) is 0. The van der Waals surface area contributed by atoms with E-state index in [0.29, 0.717) is 0 Å². The van der Waals surface area contributed by atoms with E-state index in [0.717, 1.165) is 5.69 Å². The highest BCUT2D eigenvalue weighted by molar-refractivity contribution is 6.18. The molecule has 2 nitrogen and oxygen atoms in total. The van der Waals surface area contributed by atoms with E-state index in [1.807, 2.05) is 0 Å². The van der Waals surface area contributed by atoms with Crippen molar-refractivity contribution < 1.29 is 0 Å². The molecular formula is C58H36N2. The van der Waals surface area contributed by atoms with Crippen molar-refractivity contribution in [2.75, 3.05) is 0 Å². The molecule has 1 aliphatic rings. The Bertz CT molecular complexity index is 3640. The lowest BCUT2D eigenvalue weighted by Gasteiger charge is -2.15. The van der Waals surface area contributed by atoms with E-state index in [1.165, 1.54) is 116 Å². The van der Waals surface area contributed by atoms with Crippen molar-refractivity contribution in [2.45, 2.75) is 0 Å². The molecule has 0 N–H and O–H groups in total. The van der Waals surface area contributed by atoms with Gasteiger partial charge < -0.3 is 9.13 Å². The molecule has 0 saturated carbocycles. The Morgan fingerprint density at radius 2 is 0.767 bits per heavy atom. The van der Waals surface area contributed by atoms with Gasteiger partial charge in [-0.25, -0.2) is 0 Å². The van der Waals surface area contributed by atoms with Gasteiger partial charge in [-0.3, -0.25) is 0 Å². The number of rotatable bonds is 4. The average Bonchev–Trinajstić information content (AvgIpc) is 3.80. The van der Waals surface area contributed by atoms with Gasteiger partial charge in [-0.2, -0.15) is 0 Å². The zero-order valence-electron chi connectivity index (χ0n) is 32.7. The molecule has 0 unspecified atom stereocenters. The largest absolute Gasteiger partial charge is 0.309 e. The third kappa shape index (κ3) is 4.88. The molecule has 12 aromatic rings. The van der Waals surface area contributed by atoms with E-state index in [9.17, 15) is 0 Å². The second-order valence-electron chi connectivity index (χ2n) is 16.1. The smallest absolute Gasteiger partial charge is 0.0619 e. The predicted octanol–water partition coefficient (Wildman–Crippen LogP) is 15.7. The molecule has 0 fully saturated rings. The van der Waals surface area contributed by atoms with Crippen molar-refractivity contribution in [1.29, 1.82) is 0 Å². The standard InChI is InChI=1S/C58H36N2/c1-3-14-37(15-4-1)43-30-44(38-16-5-2-6-17-38)32-45(31-43)59-54-25-12-11-22-48(54)52-34-41(26-28-55(52)59)42-27-29-56-53(35-42)50-24-13-23-49-46-20-9-10-21-47(46)51-33-39-18-7-8-19-40(39)36-57(51)60(56)58(49)50/h1-36H. The number of aromatic nitrogens is 2. The van der Waals surface area contributed by atoms with Gasteiger partial charge >= 0.3 is 0 Å². The second kappa shape index (κ2) is 12.8. The molecule has 0 saturated heterocycles. The molecule has 3 heterocycles. The van der Waals surface area contributed by atoms with E-state index < -0.39 is 0 Å². The van der Waals surface area contributed by atoms with Gasteiger partial charge in [0.05, 0.1) is 27.8 Å². The summed E-state index contributed by atoms with van der Waals surface area (Å²) < 4.78 is 4.97. The van der Waals surface area contributed by atoms with E-state index in [-0.39, 0.29) is 0 Å². The number of benzene rings is 10. The van der Waals surface area contributed by atoms with Crippen LogP contribution in [-0.2, 0) is 0 Å². The van der Waals surface area contributed by atoms with Gasteiger partial charge in [-0.05, 0) is 116 Å². The summed E-state index contributed by atoms with van der Waals surface area (Å²) in [5, 5.41) is 7.51. The second-order valence-corrected chi connectivity index (χ2v) is 16.1. The summed E-state index contributed by atoms with van der Waals surface area (Å²) >= 11 is 0. The summed E-state index contributed by atoms with van der Waals surface area (Å²) in [7, 11) is 0. The third-order valence-corrected chi connectivity index (χ3v) is 12.8. The first-order valence-electron chi connectivity index (χ1n) is 20.8. The number of para-hydroxylation sites is 2. The fourth-order valence-corrected chi connectivity index (χ4v) is 10.1. The van der Waals surface area contributed by atoms with Crippen LogP contribution in [-0.4, -0.2) is 9.13 Å². The van der Waals surface area contributed by atoms with E-state index >= 15 is 0 Å².